The predicted octanol–water partition coefficient (Wildman–Crippen LogP) is 4.42. The number of hydrogen-bond acceptors (Lipinski definition) is 0. The van der Waals surface area contributed by atoms with Gasteiger partial charge in [0.25, 0.3) is 0 Å². The lowest BCUT2D eigenvalue weighted by Crippen LogP contribution is -2.09. The summed E-state index contributed by atoms with van der Waals surface area (Å²) in [6.45, 7) is 4.60. The van der Waals surface area contributed by atoms with Crippen LogP contribution in [0.15, 0.2) is 24.3 Å². The van der Waals surface area contributed by atoms with Crippen LogP contribution in [0.4, 0.5) is 0 Å². The number of rotatable bonds is 3. The minimum atomic E-state index is 0.499. The van der Waals surface area contributed by atoms with Crippen LogP contribution in [-0.2, 0) is 5.41 Å². The van der Waals surface area contributed by atoms with Gasteiger partial charge in [0.2, 0.25) is 0 Å². The van der Waals surface area contributed by atoms with Crippen LogP contribution in [0.5, 0.6) is 0 Å². The van der Waals surface area contributed by atoms with E-state index in [0.717, 1.165) is 10.9 Å². The Morgan fingerprint density at radius 2 is 1.79 bits per heavy atom. The summed E-state index contributed by atoms with van der Waals surface area (Å²) < 4.78 is 0. The molecule has 1 aromatic carbocycles. The molecule has 1 aliphatic carbocycles. The number of halogens is 1. The topological polar surface area (TPSA) is 0 Å². The van der Waals surface area contributed by atoms with Crippen LogP contribution < -0.4 is 0 Å². The molecular weight excluding hydrogens is 192 g/mol. The van der Waals surface area contributed by atoms with Crippen LogP contribution in [0.25, 0.3) is 0 Å². The fourth-order valence-electron chi connectivity index (χ4n) is 2.35. The highest BCUT2D eigenvalue weighted by atomic mass is 35.5. The van der Waals surface area contributed by atoms with Crippen molar-refractivity contribution in [1.82, 2.24) is 0 Å². The van der Waals surface area contributed by atoms with Crippen LogP contribution >= 0.6 is 11.6 Å². The van der Waals surface area contributed by atoms with Gasteiger partial charge >= 0.3 is 0 Å². The summed E-state index contributed by atoms with van der Waals surface area (Å²) in [6, 6.07) is 8.41. The number of benzene rings is 1. The Morgan fingerprint density at radius 1 is 1.21 bits per heavy atom. The predicted molar refractivity (Wildman–Crippen MR) is 61.8 cm³/mol. The average Bonchev–Trinajstić information content (AvgIpc) is 2.85. The molecule has 1 aromatic rings. The van der Waals surface area contributed by atoms with E-state index in [1.165, 1.54) is 24.8 Å². The molecule has 0 amide bonds. The van der Waals surface area contributed by atoms with E-state index in [9.17, 15) is 0 Å². The van der Waals surface area contributed by atoms with E-state index in [4.69, 9.17) is 11.6 Å². The monoisotopic (exact) mass is 208 g/mol. The van der Waals surface area contributed by atoms with E-state index >= 15 is 0 Å². The van der Waals surface area contributed by atoms with Gasteiger partial charge in [-0.1, -0.05) is 37.6 Å². The van der Waals surface area contributed by atoms with E-state index < -0.39 is 0 Å². The van der Waals surface area contributed by atoms with Crippen molar-refractivity contribution in [2.45, 2.75) is 38.5 Å². The van der Waals surface area contributed by atoms with Gasteiger partial charge in [-0.2, -0.15) is 0 Å². The lowest BCUT2D eigenvalue weighted by Gasteiger charge is -2.18. The van der Waals surface area contributed by atoms with Gasteiger partial charge in [0.15, 0.2) is 0 Å². The maximum atomic E-state index is 5.89. The molecule has 0 nitrogen and oxygen atoms in total. The molecule has 0 atom stereocenters. The molecule has 0 unspecified atom stereocenters. The summed E-state index contributed by atoms with van der Waals surface area (Å²) in [5, 5.41) is 0.842. The molecule has 14 heavy (non-hydrogen) atoms. The van der Waals surface area contributed by atoms with Crippen molar-refractivity contribution < 1.29 is 0 Å². The summed E-state index contributed by atoms with van der Waals surface area (Å²) in [5.74, 6) is 0.785. The molecule has 0 bridgehead atoms. The highest BCUT2D eigenvalue weighted by molar-refractivity contribution is 6.30. The summed E-state index contributed by atoms with van der Waals surface area (Å²) >= 11 is 5.89. The standard InChI is InChI=1S/C13H17Cl/c1-10(2)9-13(7-8-13)11-3-5-12(14)6-4-11/h3-6,10H,7-9H2,1-2H3. The second kappa shape index (κ2) is 3.58. The van der Waals surface area contributed by atoms with Crippen LogP contribution in [-0.4, -0.2) is 0 Å². The molecule has 0 aliphatic heterocycles. The molecule has 1 heteroatoms. The van der Waals surface area contributed by atoms with E-state index in [1.54, 1.807) is 0 Å². The Bertz CT molecular complexity index is 307. The quantitative estimate of drug-likeness (QED) is 0.690. The molecule has 0 heterocycles. The van der Waals surface area contributed by atoms with Crippen LogP contribution in [0.1, 0.15) is 38.7 Å². The first kappa shape index (κ1) is 10.0. The van der Waals surface area contributed by atoms with E-state index in [1.807, 2.05) is 12.1 Å². The van der Waals surface area contributed by atoms with Gasteiger partial charge < -0.3 is 0 Å². The van der Waals surface area contributed by atoms with E-state index in [-0.39, 0.29) is 0 Å². The van der Waals surface area contributed by atoms with Crippen molar-refractivity contribution in [2.24, 2.45) is 5.92 Å². The molecule has 0 radical (unpaired) electrons. The zero-order valence-electron chi connectivity index (χ0n) is 8.89. The molecule has 0 aromatic heterocycles. The molecule has 0 saturated heterocycles. The maximum absolute atomic E-state index is 5.89. The lowest BCUT2D eigenvalue weighted by molar-refractivity contribution is 0.487. The van der Waals surface area contributed by atoms with Crippen LogP contribution in [0, 0.1) is 5.92 Å². The van der Waals surface area contributed by atoms with Gasteiger partial charge in [0, 0.05) is 5.02 Å². The Hall–Kier alpha value is -0.490. The molecule has 1 fully saturated rings. The fourth-order valence-corrected chi connectivity index (χ4v) is 2.47. The third-order valence-electron chi connectivity index (χ3n) is 3.11. The largest absolute Gasteiger partial charge is 0.0843 e. The summed E-state index contributed by atoms with van der Waals surface area (Å²) in [7, 11) is 0. The Balaban J connectivity index is 2.18. The summed E-state index contributed by atoms with van der Waals surface area (Å²) in [5.41, 5.74) is 1.98. The van der Waals surface area contributed by atoms with Crippen molar-refractivity contribution in [3.8, 4) is 0 Å². The Labute approximate surface area is 91.3 Å². The van der Waals surface area contributed by atoms with Gasteiger partial charge in [-0.25, -0.2) is 0 Å². The van der Waals surface area contributed by atoms with Gasteiger partial charge in [0.1, 0.15) is 0 Å². The SMILES string of the molecule is CC(C)CC1(c2ccc(Cl)cc2)CC1. The van der Waals surface area contributed by atoms with Crippen molar-refractivity contribution >= 4 is 11.6 Å². The van der Waals surface area contributed by atoms with E-state index in [0.29, 0.717) is 5.41 Å². The minimum absolute atomic E-state index is 0.499. The maximum Gasteiger partial charge on any atom is 0.0406 e. The highest BCUT2D eigenvalue weighted by Crippen LogP contribution is 2.52. The average molecular weight is 209 g/mol. The molecule has 0 spiro atoms. The van der Waals surface area contributed by atoms with Gasteiger partial charge in [-0.15, -0.1) is 0 Å². The molecule has 1 aliphatic rings. The molecule has 1 saturated carbocycles. The minimum Gasteiger partial charge on any atom is -0.0843 e. The molecular formula is C13H17Cl. The molecule has 76 valence electrons. The second-order valence-corrected chi connectivity index (χ2v) is 5.32. The molecule has 2 rings (SSSR count). The van der Waals surface area contributed by atoms with Crippen molar-refractivity contribution in [2.75, 3.05) is 0 Å². The first-order chi connectivity index (χ1) is 6.62. The Kier molecular flexibility index (Phi) is 2.57. The second-order valence-electron chi connectivity index (χ2n) is 4.89. The normalized spacial score (nSPS) is 18.6. The zero-order chi connectivity index (χ0) is 10.2. The first-order valence-corrected chi connectivity index (χ1v) is 5.76. The van der Waals surface area contributed by atoms with Gasteiger partial charge in [-0.3, -0.25) is 0 Å². The first-order valence-electron chi connectivity index (χ1n) is 5.38. The third-order valence-corrected chi connectivity index (χ3v) is 3.36. The molecule has 0 N–H and O–H groups in total. The van der Waals surface area contributed by atoms with Gasteiger partial charge in [-0.05, 0) is 48.3 Å². The van der Waals surface area contributed by atoms with Crippen LogP contribution in [0.2, 0.25) is 5.02 Å². The fraction of sp³-hybridized carbons (Fsp3) is 0.538. The van der Waals surface area contributed by atoms with Crippen molar-refractivity contribution in [3.05, 3.63) is 34.9 Å². The van der Waals surface area contributed by atoms with Crippen molar-refractivity contribution in [1.29, 1.82) is 0 Å². The summed E-state index contributed by atoms with van der Waals surface area (Å²) in [6.07, 6.45) is 4.02. The van der Waals surface area contributed by atoms with Crippen LogP contribution in [0.3, 0.4) is 0 Å². The highest BCUT2D eigenvalue weighted by Gasteiger charge is 2.43. The Morgan fingerprint density at radius 3 is 2.21 bits per heavy atom. The van der Waals surface area contributed by atoms with E-state index in [2.05, 4.69) is 26.0 Å². The van der Waals surface area contributed by atoms with Crippen molar-refractivity contribution in [3.63, 3.8) is 0 Å². The number of hydrogen-bond donors (Lipinski definition) is 0. The summed E-state index contributed by atoms with van der Waals surface area (Å²) in [4.78, 5) is 0. The lowest BCUT2D eigenvalue weighted by atomic mass is 9.87. The van der Waals surface area contributed by atoms with Gasteiger partial charge in [0.05, 0.1) is 0 Å². The third kappa shape index (κ3) is 1.95. The zero-order valence-corrected chi connectivity index (χ0v) is 9.64. The smallest absolute Gasteiger partial charge is 0.0406 e.